The number of nitrogens with one attached hydrogen (secondary N) is 1. The zero-order valence-corrected chi connectivity index (χ0v) is 14.4. The highest BCUT2D eigenvalue weighted by molar-refractivity contribution is 5.79. The second kappa shape index (κ2) is 8.32. The summed E-state index contributed by atoms with van der Waals surface area (Å²) in [6.07, 6.45) is 7.45. The summed E-state index contributed by atoms with van der Waals surface area (Å²) in [5.74, 6) is 1.35. The van der Waals surface area contributed by atoms with Crippen LogP contribution in [0.15, 0.2) is 30.3 Å². The monoisotopic (exact) mass is 328 g/mol. The van der Waals surface area contributed by atoms with Crippen molar-refractivity contribution in [3.8, 4) is 0 Å². The highest BCUT2D eigenvalue weighted by Gasteiger charge is 2.29. The number of rotatable bonds is 7. The first kappa shape index (κ1) is 17.0. The van der Waals surface area contributed by atoms with E-state index in [0.29, 0.717) is 25.9 Å². The van der Waals surface area contributed by atoms with Gasteiger partial charge in [-0.3, -0.25) is 9.59 Å². The lowest BCUT2D eigenvalue weighted by Gasteiger charge is -2.17. The van der Waals surface area contributed by atoms with Gasteiger partial charge in [-0.1, -0.05) is 56.0 Å². The molecule has 1 heterocycles. The Labute approximate surface area is 144 Å². The molecule has 0 aromatic heterocycles. The van der Waals surface area contributed by atoms with E-state index < -0.39 is 0 Å². The van der Waals surface area contributed by atoms with Crippen molar-refractivity contribution in [2.45, 2.75) is 51.5 Å². The van der Waals surface area contributed by atoms with Gasteiger partial charge in [0, 0.05) is 38.4 Å². The molecule has 1 aliphatic carbocycles. The van der Waals surface area contributed by atoms with Gasteiger partial charge in [0.15, 0.2) is 0 Å². The van der Waals surface area contributed by atoms with Gasteiger partial charge in [-0.05, 0) is 17.9 Å². The summed E-state index contributed by atoms with van der Waals surface area (Å²) in [6.45, 7) is 2.04. The number of benzene rings is 1. The molecular weight excluding hydrogens is 300 g/mol. The average Bonchev–Trinajstić information content (AvgIpc) is 3.22. The summed E-state index contributed by atoms with van der Waals surface area (Å²) in [5, 5.41) is 3.04. The molecule has 2 aliphatic rings. The third kappa shape index (κ3) is 4.83. The number of carbonyl (C=O) groups excluding carboxylic acids is 2. The standard InChI is InChI=1S/C20H28N2O2/c23-19(11-10-16-6-4-5-7-16)21-13-18-12-20(24)22(15-18)14-17-8-2-1-3-9-17/h1-3,8-9,16,18H,4-7,10-15H2,(H,21,23). The van der Waals surface area contributed by atoms with Gasteiger partial charge in [0.2, 0.25) is 11.8 Å². The minimum Gasteiger partial charge on any atom is -0.356 e. The van der Waals surface area contributed by atoms with Gasteiger partial charge in [0.1, 0.15) is 0 Å². The van der Waals surface area contributed by atoms with Gasteiger partial charge in [-0.25, -0.2) is 0 Å². The minimum atomic E-state index is 0.149. The SMILES string of the molecule is O=C(CCC1CCCC1)NCC1CC(=O)N(Cc2ccccc2)C1. The number of hydrogen-bond acceptors (Lipinski definition) is 2. The fraction of sp³-hybridized carbons (Fsp3) is 0.600. The fourth-order valence-corrected chi connectivity index (χ4v) is 3.93. The van der Waals surface area contributed by atoms with E-state index in [1.165, 1.54) is 25.7 Å². The van der Waals surface area contributed by atoms with Crippen molar-refractivity contribution < 1.29 is 9.59 Å². The Kier molecular flexibility index (Phi) is 5.89. The lowest BCUT2D eigenvalue weighted by Crippen LogP contribution is -2.31. The summed E-state index contributed by atoms with van der Waals surface area (Å²) in [6, 6.07) is 10.1. The van der Waals surface area contributed by atoms with Gasteiger partial charge >= 0.3 is 0 Å². The van der Waals surface area contributed by atoms with Crippen molar-refractivity contribution in [3.63, 3.8) is 0 Å². The number of amides is 2. The second-order valence-corrected chi connectivity index (χ2v) is 7.32. The minimum absolute atomic E-state index is 0.149. The van der Waals surface area contributed by atoms with Crippen molar-refractivity contribution in [2.75, 3.05) is 13.1 Å². The number of likely N-dealkylation sites (tertiary alicyclic amines) is 1. The lowest BCUT2D eigenvalue weighted by molar-refractivity contribution is -0.128. The summed E-state index contributed by atoms with van der Waals surface area (Å²) < 4.78 is 0. The lowest BCUT2D eigenvalue weighted by atomic mass is 10.0. The van der Waals surface area contributed by atoms with Crippen LogP contribution in [0.3, 0.4) is 0 Å². The average molecular weight is 328 g/mol. The Morgan fingerprint density at radius 3 is 2.62 bits per heavy atom. The van der Waals surface area contributed by atoms with E-state index in [4.69, 9.17) is 0 Å². The van der Waals surface area contributed by atoms with Crippen LogP contribution in [0.4, 0.5) is 0 Å². The van der Waals surface area contributed by atoms with Crippen molar-refractivity contribution in [1.29, 1.82) is 0 Å². The van der Waals surface area contributed by atoms with Crippen molar-refractivity contribution >= 4 is 11.8 Å². The van der Waals surface area contributed by atoms with Crippen LogP contribution in [0, 0.1) is 11.8 Å². The topological polar surface area (TPSA) is 49.4 Å². The first-order chi connectivity index (χ1) is 11.7. The molecule has 0 radical (unpaired) electrons. The van der Waals surface area contributed by atoms with Crippen LogP contribution in [-0.2, 0) is 16.1 Å². The van der Waals surface area contributed by atoms with E-state index in [9.17, 15) is 9.59 Å². The Morgan fingerprint density at radius 2 is 1.88 bits per heavy atom. The molecule has 3 rings (SSSR count). The Balaban J connectivity index is 1.37. The largest absolute Gasteiger partial charge is 0.356 e. The third-order valence-electron chi connectivity index (χ3n) is 5.35. The summed E-state index contributed by atoms with van der Waals surface area (Å²) in [5.41, 5.74) is 1.16. The highest BCUT2D eigenvalue weighted by atomic mass is 16.2. The molecule has 1 N–H and O–H groups in total. The van der Waals surface area contributed by atoms with E-state index in [2.05, 4.69) is 5.32 Å². The molecule has 1 aromatic carbocycles. The van der Waals surface area contributed by atoms with E-state index in [0.717, 1.165) is 24.4 Å². The molecule has 130 valence electrons. The zero-order chi connectivity index (χ0) is 16.8. The predicted octanol–water partition coefficient (Wildman–Crippen LogP) is 3.12. The molecule has 4 nitrogen and oxygen atoms in total. The maximum absolute atomic E-state index is 12.1. The Hall–Kier alpha value is -1.84. The van der Waals surface area contributed by atoms with E-state index in [1.807, 2.05) is 35.2 Å². The van der Waals surface area contributed by atoms with E-state index in [1.54, 1.807) is 0 Å². The molecule has 0 spiro atoms. The third-order valence-corrected chi connectivity index (χ3v) is 5.35. The van der Waals surface area contributed by atoms with Crippen molar-refractivity contribution in [2.24, 2.45) is 11.8 Å². The Morgan fingerprint density at radius 1 is 1.12 bits per heavy atom. The second-order valence-electron chi connectivity index (χ2n) is 7.32. The van der Waals surface area contributed by atoms with Crippen LogP contribution in [0.2, 0.25) is 0 Å². The number of nitrogens with zero attached hydrogens (tertiary/aromatic N) is 1. The first-order valence-corrected chi connectivity index (χ1v) is 9.29. The maximum atomic E-state index is 12.1. The quantitative estimate of drug-likeness (QED) is 0.836. The zero-order valence-electron chi connectivity index (χ0n) is 14.4. The smallest absolute Gasteiger partial charge is 0.223 e. The van der Waals surface area contributed by atoms with Crippen molar-refractivity contribution in [3.05, 3.63) is 35.9 Å². The maximum Gasteiger partial charge on any atom is 0.223 e. The molecule has 1 aromatic rings. The van der Waals surface area contributed by atoms with Gasteiger partial charge < -0.3 is 10.2 Å². The molecule has 24 heavy (non-hydrogen) atoms. The van der Waals surface area contributed by atoms with Crippen LogP contribution in [0.25, 0.3) is 0 Å². The molecule has 2 fully saturated rings. The Bertz CT molecular complexity index is 552. The molecule has 1 atom stereocenters. The van der Waals surface area contributed by atoms with Gasteiger partial charge in [0.05, 0.1) is 0 Å². The molecule has 1 unspecified atom stereocenters. The summed E-state index contributed by atoms with van der Waals surface area (Å²) in [4.78, 5) is 26.1. The van der Waals surface area contributed by atoms with E-state index >= 15 is 0 Å². The van der Waals surface area contributed by atoms with Gasteiger partial charge in [-0.2, -0.15) is 0 Å². The molecule has 1 saturated carbocycles. The van der Waals surface area contributed by atoms with Crippen molar-refractivity contribution in [1.82, 2.24) is 10.2 Å². The first-order valence-electron chi connectivity index (χ1n) is 9.29. The van der Waals surface area contributed by atoms with Crippen LogP contribution in [-0.4, -0.2) is 29.8 Å². The molecule has 0 bridgehead atoms. The number of hydrogen-bond donors (Lipinski definition) is 1. The predicted molar refractivity (Wildman–Crippen MR) is 94.2 cm³/mol. The molecule has 1 aliphatic heterocycles. The van der Waals surface area contributed by atoms with Gasteiger partial charge in [0.25, 0.3) is 0 Å². The van der Waals surface area contributed by atoms with E-state index in [-0.39, 0.29) is 17.7 Å². The summed E-state index contributed by atoms with van der Waals surface area (Å²) >= 11 is 0. The highest BCUT2D eigenvalue weighted by Crippen LogP contribution is 2.28. The number of carbonyl (C=O) groups is 2. The fourth-order valence-electron chi connectivity index (χ4n) is 3.93. The van der Waals surface area contributed by atoms with Gasteiger partial charge in [-0.15, -0.1) is 0 Å². The molecule has 1 saturated heterocycles. The normalized spacial score (nSPS) is 21.4. The molecule has 2 amide bonds. The van der Waals surface area contributed by atoms with Crippen LogP contribution in [0.1, 0.15) is 50.5 Å². The molecular formula is C20H28N2O2. The van der Waals surface area contributed by atoms with Crippen LogP contribution >= 0.6 is 0 Å². The van der Waals surface area contributed by atoms with Crippen LogP contribution in [0.5, 0.6) is 0 Å². The summed E-state index contributed by atoms with van der Waals surface area (Å²) in [7, 11) is 0. The molecule has 4 heteroatoms. The van der Waals surface area contributed by atoms with Crippen LogP contribution < -0.4 is 5.32 Å².